The van der Waals surface area contributed by atoms with E-state index in [2.05, 4.69) is 16.0 Å². The molecule has 1 aliphatic rings. The van der Waals surface area contributed by atoms with Crippen LogP contribution in [0, 0.1) is 16.7 Å². The molecule has 1 aromatic rings. The number of hydrogen-bond acceptors (Lipinski definition) is 5. The van der Waals surface area contributed by atoms with Gasteiger partial charge in [-0.1, -0.05) is 6.07 Å². The minimum atomic E-state index is -0.0822. The van der Waals surface area contributed by atoms with Crippen molar-refractivity contribution in [2.45, 2.75) is 25.7 Å². The number of methoxy groups -OCH3 is 1. The Labute approximate surface area is 126 Å². The standard InChI is InChI=1S/C16H23N3O2/c1-21-10-4-8-16(13-20)7-3-9-19(12-16)15-6-2-5-14(11-17)18-15/h2,5-6,20H,3-4,7-10,12-13H2,1H3. The zero-order valence-electron chi connectivity index (χ0n) is 12.6. The summed E-state index contributed by atoms with van der Waals surface area (Å²) in [5.41, 5.74) is 0.355. The molecule has 0 saturated carbocycles. The molecule has 1 aliphatic heterocycles. The molecule has 1 unspecified atom stereocenters. The molecule has 5 heteroatoms. The fourth-order valence-corrected chi connectivity index (χ4v) is 3.07. The second-order valence-electron chi connectivity index (χ2n) is 5.77. The highest BCUT2D eigenvalue weighted by Gasteiger charge is 2.35. The molecule has 5 nitrogen and oxygen atoms in total. The number of pyridine rings is 1. The van der Waals surface area contributed by atoms with E-state index in [0.717, 1.165) is 51.2 Å². The summed E-state index contributed by atoms with van der Waals surface area (Å²) in [6.07, 6.45) is 3.97. The molecule has 0 aromatic carbocycles. The van der Waals surface area contributed by atoms with Crippen LogP contribution in [0.15, 0.2) is 18.2 Å². The molecule has 2 rings (SSSR count). The highest BCUT2D eigenvalue weighted by Crippen LogP contribution is 2.35. The van der Waals surface area contributed by atoms with Gasteiger partial charge in [0.05, 0.1) is 6.61 Å². The van der Waals surface area contributed by atoms with Crippen molar-refractivity contribution < 1.29 is 9.84 Å². The minimum absolute atomic E-state index is 0.0822. The summed E-state index contributed by atoms with van der Waals surface area (Å²) in [7, 11) is 1.70. The van der Waals surface area contributed by atoms with Crippen LogP contribution in [0.25, 0.3) is 0 Å². The lowest BCUT2D eigenvalue weighted by molar-refractivity contribution is 0.0820. The van der Waals surface area contributed by atoms with Crippen LogP contribution >= 0.6 is 0 Å². The van der Waals surface area contributed by atoms with Crippen molar-refractivity contribution in [2.24, 2.45) is 5.41 Å². The normalized spacial score (nSPS) is 22.0. The van der Waals surface area contributed by atoms with E-state index in [1.165, 1.54) is 0 Å². The van der Waals surface area contributed by atoms with Crippen molar-refractivity contribution in [3.63, 3.8) is 0 Å². The van der Waals surface area contributed by atoms with Crippen molar-refractivity contribution in [3.05, 3.63) is 23.9 Å². The predicted molar refractivity (Wildman–Crippen MR) is 81.0 cm³/mol. The van der Waals surface area contributed by atoms with Gasteiger partial charge in [-0.15, -0.1) is 0 Å². The first-order valence-electron chi connectivity index (χ1n) is 7.45. The summed E-state index contributed by atoms with van der Waals surface area (Å²) in [4.78, 5) is 6.56. The molecular weight excluding hydrogens is 266 g/mol. The predicted octanol–water partition coefficient (Wildman–Crippen LogP) is 1.96. The van der Waals surface area contributed by atoms with E-state index < -0.39 is 0 Å². The summed E-state index contributed by atoms with van der Waals surface area (Å²) >= 11 is 0. The Bertz CT molecular complexity index is 501. The Hall–Kier alpha value is -1.64. The monoisotopic (exact) mass is 289 g/mol. The van der Waals surface area contributed by atoms with Gasteiger partial charge in [0.25, 0.3) is 0 Å². The molecule has 1 atom stereocenters. The average molecular weight is 289 g/mol. The maximum Gasteiger partial charge on any atom is 0.142 e. The third-order valence-electron chi connectivity index (χ3n) is 4.23. The number of rotatable bonds is 6. The number of hydrogen-bond donors (Lipinski definition) is 1. The second kappa shape index (κ2) is 7.39. The van der Waals surface area contributed by atoms with Crippen LogP contribution in [0.4, 0.5) is 5.82 Å². The van der Waals surface area contributed by atoms with Gasteiger partial charge in [-0.05, 0) is 37.8 Å². The van der Waals surface area contributed by atoms with Crippen LogP contribution in [-0.2, 0) is 4.74 Å². The highest BCUT2D eigenvalue weighted by atomic mass is 16.5. The Kier molecular flexibility index (Phi) is 5.54. The zero-order valence-corrected chi connectivity index (χ0v) is 12.6. The summed E-state index contributed by atoms with van der Waals surface area (Å²) in [5, 5.41) is 18.8. The smallest absolute Gasteiger partial charge is 0.142 e. The van der Waals surface area contributed by atoms with E-state index in [0.29, 0.717) is 5.69 Å². The molecule has 1 saturated heterocycles. The fraction of sp³-hybridized carbons (Fsp3) is 0.625. The van der Waals surface area contributed by atoms with E-state index in [-0.39, 0.29) is 12.0 Å². The Morgan fingerprint density at radius 3 is 3.10 bits per heavy atom. The molecule has 1 N–H and O–H groups in total. The van der Waals surface area contributed by atoms with E-state index in [1.54, 1.807) is 13.2 Å². The molecule has 0 amide bonds. The van der Waals surface area contributed by atoms with Gasteiger partial charge in [-0.25, -0.2) is 4.98 Å². The summed E-state index contributed by atoms with van der Waals surface area (Å²) < 4.78 is 5.12. The number of aliphatic hydroxyl groups is 1. The van der Waals surface area contributed by atoms with E-state index in [4.69, 9.17) is 10.00 Å². The van der Waals surface area contributed by atoms with Crippen molar-refractivity contribution in [3.8, 4) is 6.07 Å². The lowest BCUT2D eigenvalue weighted by Gasteiger charge is -2.42. The summed E-state index contributed by atoms with van der Waals surface area (Å²) in [6.45, 7) is 2.62. The highest BCUT2D eigenvalue weighted by molar-refractivity contribution is 5.42. The van der Waals surface area contributed by atoms with E-state index in [9.17, 15) is 5.11 Å². The number of aromatic nitrogens is 1. The lowest BCUT2D eigenvalue weighted by Crippen LogP contribution is -2.46. The third kappa shape index (κ3) is 3.93. The third-order valence-corrected chi connectivity index (χ3v) is 4.23. The van der Waals surface area contributed by atoms with Gasteiger partial charge in [0.2, 0.25) is 0 Å². The van der Waals surface area contributed by atoms with Crippen molar-refractivity contribution in [2.75, 3.05) is 38.3 Å². The number of nitrogens with zero attached hydrogens (tertiary/aromatic N) is 3. The second-order valence-corrected chi connectivity index (χ2v) is 5.77. The molecule has 0 spiro atoms. The van der Waals surface area contributed by atoms with Gasteiger partial charge in [-0.3, -0.25) is 0 Å². The molecule has 0 aliphatic carbocycles. The van der Waals surface area contributed by atoms with Gasteiger partial charge < -0.3 is 14.7 Å². The minimum Gasteiger partial charge on any atom is -0.396 e. The summed E-state index contributed by atoms with van der Waals surface area (Å²) in [6, 6.07) is 7.59. The van der Waals surface area contributed by atoms with E-state index >= 15 is 0 Å². The molecule has 1 aromatic heterocycles. The van der Waals surface area contributed by atoms with Gasteiger partial charge in [-0.2, -0.15) is 5.26 Å². The van der Waals surface area contributed by atoms with Crippen LogP contribution in [0.5, 0.6) is 0 Å². The lowest BCUT2D eigenvalue weighted by atomic mass is 9.77. The van der Waals surface area contributed by atoms with Gasteiger partial charge >= 0.3 is 0 Å². The fourth-order valence-electron chi connectivity index (χ4n) is 3.07. The summed E-state index contributed by atoms with van der Waals surface area (Å²) in [5.74, 6) is 0.832. The van der Waals surface area contributed by atoms with Crippen molar-refractivity contribution >= 4 is 5.82 Å². The van der Waals surface area contributed by atoms with Crippen molar-refractivity contribution in [1.29, 1.82) is 5.26 Å². The Morgan fingerprint density at radius 1 is 1.52 bits per heavy atom. The van der Waals surface area contributed by atoms with Crippen LogP contribution in [0.3, 0.4) is 0 Å². The van der Waals surface area contributed by atoms with Gasteiger partial charge in [0.1, 0.15) is 17.6 Å². The zero-order chi connectivity index (χ0) is 15.1. The first-order chi connectivity index (χ1) is 10.2. The molecule has 21 heavy (non-hydrogen) atoms. The molecule has 0 bridgehead atoms. The van der Waals surface area contributed by atoms with Crippen molar-refractivity contribution in [1.82, 2.24) is 4.98 Å². The average Bonchev–Trinajstić information content (AvgIpc) is 2.55. The Morgan fingerprint density at radius 2 is 2.38 bits per heavy atom. The first kappa shape index (κ1) is 15.7. The van der Waals surface area contributed by atoms with Crippen LogP contribution < -0.4 is 4.90 Å². The molecule has 0 radical (unpaired) electrons. The quantitative estimate of drug-likeness (QED) is 0.811. The first-order valence-corrected chi connectivity index (χ1v) is 7.45. The topological polar surface area (TPSA) is 69.4 Å². The largest absolute Gasteiger partial charge is 0.396 e. The molecule has 114 valence electrons. The number of nitriles is 1. The molecule has 1 fully saturated rings. The van der Waals surface area contributed by atoms with Gasteiger partial charge in [0.15, 0.2) is 0 Å². The van der Waals surface area contributed by atoms with Crippen LogP contribution in [0.2, 0.25) is 0 Å². The van der Waals surface area contributed by atoms with Crippen LogP contribution in [-0.4, -0.2) is 43.5 Å². The number of ether oxygens (including phenoxy) is 1. The van der Waals surface area contributed by atoms with E-state index in [1.807, 2.05) is 12.1 Å². The molecule has 2 heterocycles. The maximum absolute atomic E-state index is 9.87. The number of piperidine rings is 1. The maximum atomic E-state index is 9.87. The Balaban J connectivity index is 2.09. The van der Waals surface area contributed by atoms with Crippen LogP contribution in [0.1, 0.15) is 31.4 Å². The van der Waals surface area contributed by atoms with Gasteiger partial charge in [0, 0.05) is 32.2 Å². The molecular formula is C16H23N3O2. The number of anilines is 1. The number of aliphatic hydroxyl groups excluding tert-OH is 1. The SMILES string of the molecule is COCCCC1(CO)CCCN(c2cccc(C#N)n2)C1.